The smallest absolute Gasteiger partial charge is 0.191 e. The number of unbranched alkanes of at least 4 members (excludes halogenated alkanes) is 1. The molecule has 1 aliphatic carbocycles. The van der Waals surface area contributed by atoms with E-state index in [-0.39, 0.29) is 29.8 Å². The van der Waals surface area contributed by atoms with Gasteiger partial charge in [-0.3, -0.25) is 4.99 Å². The van der Waals surface area contributed by atoms with E-state index in [1.807, 2.05) is 13.1 Å². The average Bonchev–Trinajstić information content (AvgIpc) is 3.04. The molecule has 1 aromatic carbocycles. The van der Waals surface area contributed by atoms with Gasteiger partial charge in [0.25, 0.3) is 0 Å². The number of nitrogens with zero attached hydrogens (tertiary/aromatic N) is 2. The number of rotatable bonds is 8. The van der Waals surface area contributed by atoms with Crippen LogP contribution in [0.1, 0.15) is 64.2 Å². The lowest BCUT2D eigenvalue weighted by atomic mass is 10.0. The van der Waals surface area contributed by atoms with Crippen LogP contribution in [0.2, 0.25) is 0 Å². The SMILES string of the molecule is CN=C(NCCCCOC1CCCCCC1)NC1CCN(c2cccc(F)c2)CC1.I. The van der Waals surface area contributed by atoms with Crippen LogP contribution in [0.5, 0.6) is 0 Å². The van der Waals surface area contributed by atoms with Crippen LogP contribution in [0, 0.1) is 5.82 Å². The number of aliphatic imine (C=N–C) groups is 1. The topological polar surface area (TPSA) is 48.9 Å². The molecule has 0 amide bonds. The van der Waals surface area contributed by atoms with Gasteiger partial charge in [-0.1, -0.05) is 31.7 Å². The monoisotopic (exact) mass is 546 g/mol. The van der Waals surface area contributed by atoms with E-state index in [0.717, 1.165) is 63.6 Å². The zero-order valence-electron chi connectivity index (χ0n) is 19.0. The van der Waals surface area contributed by atoms with Crippen molar-refractivity contribution in [1.29, 1.82) is 0 Å². The fourth-order valence-corrected chi connectivity index (χ4v) is 4.44. The second kappa shape index (κ2) is 14.9. The molecule has 0 spiro atoms. The first-order valence-corrected chi connectivity index (χ1v) is 11.8. The molecule has 2 N–H and O–H groups in total. The van der Waals surface area contributed by atoms with Gasteiger partial charge in [0.2, 0.25) is 0 Å². The number of hydrogen-bond donors (Lipinski definition) is 2. The second-order valence-electron chi connectivity index (χ2n) is 8.58. The molecule has 2 aliphatic rings. The largest absolute Gasteiger partial charge is 0.378 e. The molecular formula is C24H40FIN4O. The molecule has 3 rings (SSSR count). The molecule has 0 radical (unpaired) electrons. The van der Waals surface area contributed by atoms with Crippen LogP contribution in [0.3, 0.4) is 0 Å². The molecular weight excluding hydrogens is 506 g/mol. The molecule has 0 aromatic heterocycles. The highest BCUT2D eigenvalue weighted by molar-refractivity contribution is 14.0. The van der Waals surface area contributed by atoms with Gasteiger partial charge in [0.1, 0.15) is 5.82 Å². The summed E-state index contributed by atoms with van der Waals surface area (Å²) >= 11 is 0. The molecule has 5 nitrogen and oxygen atoms in total. The molecule has 1 saturated heterocycles. The minimum atomic E-state index is -0.169. The summed E-state index contributed by atoms with van der Waals surface area (Å²) in [6.45, 7) is 3.64. The highest BCUT2D eigenvalue weighted by Gasteiger charge is 2.20. The van der Waals surface area contributed by atoms with Crippen molar-refractivity contribution in [2.24, 2.45) is 4.99 Å². The van der Waals surface area contributed by atoms with Gasteiger partial charge in [-0.2, -0.15) is 0 Å². The second-order valence-corrected chi connectivity index (χ2v) is 8.58. The number of anilines is 1. The van der Waals surface area contributed by atoms with Crippen molar-refractivity contribution in [3.63, 3.8) is 0 Å². The zero-order chi connectivity index (χ0) is 21.0. The summed E-state index contributed by atoms with van der Waals surface area (Å²) in [6.07, 6.45) is 12.6. The zero-order valence-corrected chi connectivity index (χ0v) is 21.3. The summed E-state index contributed by atoms with van der Waals surface area (Å²) in [5.74, 6) is 0.709. The maximum absolute atomic E-state index is 13.5. The number of ether oxygens (including phenoxy) is 1. The molecule has 0 unspecified atom stereocenters. The number of hydrogen-bond acceptors (Lipinski definition) is 3. The Morgan fingerprint density at radius 3 is 2.52 bits per heavy atom. The molecule has 1 heterocycles. The van der Waals surface area contributed by atoms with E-state index >= 15 is 0 Å². The van der Waals surface area contributed by atoms with Crippen LogP contribution in [0.4, 0.5) is 10.1 Å². The number of benzene rings is 1. The maximum Gasteiger partial charge on any atom is 0.191 e. The minimum absolute atomic E-state index is 0. The Bertz CT molecular complexity index is 644. The summed E-state index contributed by atoms with van der Waals surface area (Å²) in [7, 11) is 1.83. The van der Waals surface area contributed by atoms with Gasteiger partial charge in [-0.15, -0.1) is 24.0 Å². The van der Waals surface area contributed by atoms with Crippen LogP contribution in [0.25, 0.3) is 0 Å². The van der Waals surface area contributed by atoms with Gasteiger partial charge in [0.15, 0.2) is 5.96 Å². The van der Waals surface area contributed by atoms with Crippen molar-refractivity contribution < 1.29 is 9.13 Å². The van der Waals surface area contributed by atoms with E-state index in [9.17, 15) is 4.39 Å². The van der Waals surface area contributed by atoms with E-state index in [1.54, 1.807) is 12.1 Å². The third-order valence-corrected chi connectivity index (χ3v) is 6.25. The lowest BCUT2D eigenvalue weighted by Crippen LogP contribution is -2.48. The van der Waals surface area contributed by atoms with Gasteiger partial charge >= 0.3 is 0 Å². The normalized spacial score (nSPS) is 18.9. The third kappa shape index (κ3) is 9.51. The standard InChI is InChI=1S/C24H39FN4O.HI/c1-26-24(27-15-6-7-18-30-23-11-4-2-3-5-12-23)28-21-13-16-29(17-14-21)22-10-8-9-20(25)19-22;/h8-10,19,21,23H,2-7,11-18H2,1H3,(H2,26,27,28);1H. The van der Waals surface area contributed by atoms with Crippen molar-refractivity contribution in [3.05, 3.63) is 30.1 Å². The van der Waals surface area contributed by atoms with Crippen LogP contribution in [0.15, 0.2) is 29.3 Å². The van der Waals surface area contributed by atoms with Crippen LogP contribution >= 0.6 is 24.0 Å². The number of piperidine rings is 1. The number of halogens is 2. The van der Waals surface area contributed by atoms with Crippen molar-refractivity contribution in [2.75, 3.05) is 38.2 Å². The predicted octanol–water partition coefficient (Wildman–Crippen LogP) is 5.10. The maximum atomic E-state index is 13.5. The Morgan fingerprint density at radius 1 is 1.10 bits per heavy atom. The number of nitrogens with one attached hydrogen (secondary N) is 2. The van der Waals surface area contributed by atoms with Crippen molar-refractivity contribution in [3.8, 4) is 0 Å². The molecule has 2 fully saturated rings. The Balaban J connectivity index is 0.00000341. The van der Waals surface area contributed by atoms with E-state index in [2.05, 4.69) is 20.5 Å². The molecule has 1 aromatic rings. The summed E-state index contributed by atoms with van der Waals surface area (Å²) in [5.41, 5.74) is 0.974. The van der Waals surface area contributed by atoms with Gasteiger partial charge in [0.05, 0.1) is 6.10 Å². The quantitative estimate of drug-likeness (QED) is 0.157. The first-order chi connectivity index (χ1) is 14.7. The van der Waals surface area contributed by atoms with Gasteiger partial charge in [-0.05, 0) is 56.7 Å². The molecule has 31 heavy (non-hydrogen) atoms. The van der Waals surface area contributed by atoms with E-state index in [4.69, 9.17) is 4.74 Å². The summed E-state index contributed by atoms with van der Waals surface area (Å²) in [4.78, 5) is 6.63. The van der Waals surface area contributed by atoms with Gasteiger partial charge in [-0.25, -0.2) is 4.39 Å². The Morgan fingerprint density at radius 2 is 1.84 bits per heavy atom. The van der Waals surface area contributed by atoms with Crippen LogP contribution in [-0.2, 0) is 4.74 Å². The average molecular weight is 547 g/mol. The van der Waals surface area contributed by atoms with Crippen molar-refractivity contribution in [2.45, 2.75) is 76.4 Å². The highest BCUT2D eigenvalue weighted by atomic mass is 127. The summed E-state index contributed by atoms with van der Waals surface area (Å²) in [6, 6.07) is 7.28. The van der Waals surface area contributed by atoms with E-state index in [0.29, 0.717) is 12.1 Å². The molecule has 176 valence electrons. The van der Waals surface area contributed by atoms with Gasteiger partial charge < -0.3 is 20.3 Å². The van der Waals surface area contributed by atoms with Gasteiger partial charge in [0, 0.05) is 45.0 Å². The fourth-order valence-electron chi connectivity index (χ4n) is 4.44. The van der Waals surface area contributed by atoms with E-state index in [1.165, 1.54) is 44.6 Å². The number of guanidine groups is 1. The summed E-state index contributed by atoms with van der Waals surface area (Å²) in [5, 5.41) is 6.98. The van der Waals surface area contributed by atoms with Crippen LogP contribution in [-0.4, -0.2) is 51.4 Å². The molecule has 1 aliphatic heterocycles. The minimum Gasteiger partial charge on any atom is -0.378 e. The van der Waals surface area contributed by atoms with Crippen molar-refractivity contribution in [1.82, 2.24) is 10.6 Å². The lowest BCUT2D eigenvalue weighted by Gasteiger charge is -2.34. The first-order valence-electron chi connectivity index (χ1n) is 11.8. The summed E-state index contributed by atoms with van der Waals surface area (Å²) < 4.78 is 19.5. The highest BCUT2D eigenvalue weighted by Crippen LogP contribution is 2.21. The predicted molar refractivity (Wildman–Crippen MR) is 138 cm³/mol. The first kappa shape index (κ1) is 26.2. The van der Waals surface area contributed by atoms with Crippen molar-refractivity contribution >= 4 is 35.6 Å². The molecule has 7 heteroatoms. The molecule has 0 bridgehead atoms. The fraction of sp³-hybridized carbons (Fsp3) is 0.708. The Hall–Kier alpha value is -1.09. The lowest BCUT2D eigenvalue weighted by molar-refractivity contribution is 0.0411. The van der Waals surface area contributed by atoms with Crippen LogP contribution < -0.4 is 15.5 Å². The van der Waals surface area contributed by atoms with E-state index < -0.39 is 0 Å². The third-order valence-electron chi connectivity index (χ3n) is 6.25. The Kier molecular flexibility index (Phi) is 12.6. The molecule has 0 atom stereocenters. The molecule has 1 saturated carbocycles. The Labute approximate surface area is 204 Å².